The highest BCUT2D eigenvalue weighted by atomic mass is 31.2. The summed E-state index contributed by atoms with van der Waals surface area (Å²) in [5.74, 6) is 2.15. The molecule has 4 aromatic carbocycles. The minimum atomic E-state index is -3.20. The summed E-state index contributed by atoms with van der Waals surface area (Å²) in [6.45, 7) is 0. The van der Waals surface area contributed by atoms with Gasteiger partial charge in [-0.2, -0.15) is 0 Å². The minimum absolute atomic E-state index is 0.537. The monoisotopic (exact) mass is 464 g/mol. The van der Waals surface area contributed by atoms with Gasteiger partial charge in [-0.15, -0.1) is 0 Å². The molecule has 4 aromatic rings. The maximum atomic E-state index is 12.4. The molecule has 0 unspecified atom stereocenters. The van der Waals surface area contributed by atoms with Crippen molar-refractivity contribution < 1.29 is 27.2 Å². The van der Waals surface area contributed by atoms with Gasteiger partial charge in [0.25, 0.3) is 0 Å². The first kappa shape index (κ1) is 20.4. The topological polar surface area (TPSA) is 71.1 Å². The summed E-state index contributed by atoms with van der Waals surface area (Å²) in [5.41, 5.74) is 0. The van der Waals surface area contributed by atoms with Crippen molar-refractivity contribution in [2.45, 2.75) is 0 Å². The molecule has 0 saturated heterocycles. The Kier molecular flexibility index (Phi) is 5.26. The lowest BCUT2D eigenvalue weighted by molar-refractivity contribution is 0.443. The van der Waals surface area contributed by atoms with Crippen LogP contribution < -0.4 is 28.7 Å². The standard InChI is InChI=1S/2C12H9O3P/c2*13-16(10-6-2-1-3-7-10)14-11-8-4-5-9-12(11)15-16/h2*1-9H. The third-order valence-electron chi connectivity index (χ3n) is 4.72. The molecule has 0 spiro atoms. The van der Waals surface area contributed by atoms with Gasteiger partial charge in [0.15, 0.2) is 23.0 Å². The molecule has 6 nitrogen and oxygen atoms in total. The van der Waals surface area contributed by atoms with Crippen molar-refractivity contribution in [2.24, 2.45) is 0 Å². The fourth-order valence-corrected chi connectivity index (χ4v) is 6.40. The Hall–Kier alpha value is -3.46. The highest BCUT2D eigenvalue weighted by Gasteiger charge is 2.39. The average Bonchev–Trinajstić information content (AvgIpc) is 3.38. The van der Waals surface area contributed by atoms with Crippen molar-refractivity contribution in [1.82, 2.24) is 0 Å². The van der Waals surface area contributed by atoms with E-state index in [1.165, 1.54) is 0 Å². The normalized spacial score (nSPS) is 16.0. The molecule has 6 rings (SSSR count). The van der Waals surface area contributed by atoms with Crippen LogP contribution in [0, 0.1) is 0 Å². The number of para-hydroxylation sites is 4. The zero-order chi connectivity index (χ0) is 22.0. The van der Waals surface area contributed by atoms with Crippen LogP contribution in [0.4, 0.5) is 0 Å². The number of hydrogen-bond donors (Lipinski definition) is 0. The molecule has 0 radical (unpaired) electrons. The van der Waals surface area contributed by atoms with Crippen molar-refractivity contribution in [2.75, 3.05) is 0 Å². The SMILES string of the molecule is O=P1(c2ccccc2)Oc2ccccc2O1.O=P1(c2ccccc2)Oc2ccccc2O1. The molecule has 2 aliphatic heterocycles. The van der Waals surface area contributed by atoms with Crippen molar-refractivity contribution in [1.29, 1.82) is 0 Å². The molecule has 160 valence electrons. The Balaban J connectivity index is 0.000000135. The predicted octanol–water partition coefficient (Wildman–Crippen LogP) is 5.95. The molecule has 0 N–H and O–H groups in total. The molecule has 0 fully saturated rings. The molecular formula is C24H18O6P2. The van der Waals surface area contributed by atoms with E-state index >= 15 is 0 Å². The average molecular weight is 464 g/mol. The van der Waals surface area contributed by atoms with Crippen molar-refractivity contribution in [3.8, 4) is 23.0 Å². The lowest BCUT2D eigenvalue weighted by Crippen LogP contribution is -2.09. The van der Waals surface area contributed by atoms with Crippen LogP contribution in [0.5, 0.6) is 23.0 Å². The largest absolute Gasteiger partial charge is 0.463 e. The van der Waals surface area contributed by atoms with Gasteiger partial charge in [-0.3, -0.25) is 0 Å². The summed E-state index contributed by atoms with van der Waals surface area (Å²) >= 11 is 0. The molecule has 32 heavy (non-hydrogen) atoms. The van der Waals surface area contributed by atoms with Crippen LogP contribution in [0.1, 0.15) is 0 Å². The molecule has 0 aliphatic carbocycles. The van der Waals surface area contributed by atoms with Gasteiger partial charge in [-0.25, -0.2) is 9.13 Å². The van der Waals surface area contributed by atoms with Crippen LogP contribution in [0.3, 0.4) is 0 Å². The van der Waals surface area contributed by atoms with Gasteiger partial charge in [-0.1, -0.05) is 60.7 Å². The maximum Gasteiger partial charge on any atom is 0.463 e. The Labute approximate surface area is 185 Å². The van der Waals surface area contributed by atoms with E-state index < -0.39 is 15.2 Å². The lowest BCUT2D eigenvalue weighted by Gasteiger charge is -2.09. The highest BCUT2D eigenvalue weighted by Crippen LogP contribution is 2.57. The zero-order valence-electron chi connectivity index (χ0n) is 16.7. The van der Waals surface area contributed by atoms with E-state index in [1.54, 1.807) is 48.5 Å². The molecule has 0 atom stereocenters. The summed E-state index contributed by atoms with van der Waals surface area (Å²) in [5, 5.41) is 1.15. The van der Waals surface area contributed by atoms with Crippen LogP contribution >= 0.6 is 15.2 Å². The molecule has 0 bridgehead atoms. The quantitative estimate of drug-likeness (QED) is 0.342. The first-order valence-electron chi connectivity index (χ1n) is 9.84. The van der Waals surface area contributed by atoms with Gasteiger partial charge in [0.1, 0.15) is 0 Å². The van der Waals surface area contributed by atoms with Crippen LogP contribution in [-0.2, 0) is 9.13 Å². The van der Waals surface area contributed by atoms with Crippen molar-refractivity contribution >= 4 is 25.8 Å². The maximum absolute atomic E-state index is 12.4. The Morgan fingerprint density at radius 2 is 0.625 bits per heavy atom. The summed E-state index contributed by atoms with van der Waals surface area (Å²) in [6.07, 6.45) is 0. The fourth-order valence-electron chi connectivity index (χ4n) is 3.19. The van der Waals surface area contributed by atoms with Gasteiger partial charge in [0.05, 0.1) is 10.6 Å². The van der Waals surface area contributed by atoms with Gasteiger partial charge < -0.3 is 18.1 Å². The lowest BCUT2D eigenvalue weighted by atomic mass is 10.3. The smallest absolute Gasteiger partial charge is 0.409 e. The molecule has 2 heterocycles. The number of fused-ring (bicyclic) bond motifs is 2. The minimum Gasteiger partial charge on any atom is -0.409 e. The second-order valence-electron chi connectivity index (χ2n) is 6.92. The second-order valence-corrected chi connectivity index (χ2v) is 10.7. The van der Waals surface area contributed by atoms with E-state index in [9.17, 15) is 9.13 Å². The number of rotatable bonds is 2. The van der Waals surface area contributed by atoms with E-state index in [1.807, 2.05) is 60.7 Å². The van der Waals surface area contributed by atoms with Gasteiger partial charge >= 0.3 is 15.2 Å². The first-order chi connectivity index (χ1) is 15.6. The molecule has 8 heteroatoms. The van der Waals surface area contributed by atoms with E-state index in [0.717, 1.165) is 0 Å². The number of benzene rings is 4. The number of hydrogen-bond acceptors (Lipinski definition) is 6. The fraction of sp³-hybridized carbons (Fsp3) is 0. The van der Waals surface area contributed by atoms with Gasteiger partial charge in [-0.05, 0) is 48.5 Å². The zero-order valence-corrected chi connectivity index (χ0v) is 18.5. The Morgan fingerprint density at radius 3 is 0.906 bits per heavy atom. The second kappa shape index (κ2) is 8.23. The van der Waals surface area contributed by atoms with Gasteiger partial charge in [0.2, 0.25) is 0 Å². The van der Waals surface area contributed by atoms with E-state index in [4.69, 9.17) is 18.1 Å². The van der Waals surface area contributed by atoms with Gasteiger partial charge in [0, 0.05) is 0 Å². The molecule has 0 aromatic heterocycles. The summed E-state index contributed by atoms with van der Waals surface area (Å²) in [4.78, 5) is 0. The summed E-state index contributed by atoms with van der Waals surface area (Å²) in [7, 11) is -6.41. The summed E-state index contributed by atoms with van der Waals surface area (Å²) < 4.78 is 46.5. The Morgan fingerprint density at radius 1 is 0.375 bits per heavy atom. The molecule has 0 amide bonds. The third-order valence-corrected chi connectivity index (χ3v) is 8.33. The van der Waals surface area contributed by atoms with Crippen LogP contribution in [-0.4, -0.2) is 0 Å². The third kappa shape index (κ3) is 3.91. The first-order valence-corrected chi connectivity index (χ1v) is 12.9. The van der Waals surface area contributed by atoms with E-state index in [0.29, 0.717) is 33.6 Å². The van der Waals surface area contributed by atoms with E-state index in [2.05, 4.69) is 0 Å². The molecule has 2 aliphatic rings. The Bertz CT molecular complexity index is 1180. The van der Waals surface area contributed by atoms with Crippen LogP contribution in [0.25, 0.3) is 0 Å². The highest BCUT2D eigenvalue weighted by molar-refractivity contribution is 7.63. The molecule has 0 saturated carbocycles. The van der Waals surface area contributed by atoms with Crippen molar-refractivity contribution in [3.63, 3.8) is 0 Å². The van der Waals surface area contributed by atoms with Crippen LogP contribution in [0.2, 0.25) is 0 Å². The van der Waals surface area contributed by atoms with Crippen LogP contribution in [0.15, 0.2) is 109 Å². The molecular weight excluding hydrogens is 446 g/mol. The van der Waals surface area contributed by atoms with Crippen molar-refractivity contribution in [3.05, 3.63) is 109 Å². The summed E-state index contributed by atoms with van der Waals surface area (Å²) in [6, 6.07) is 32.2. The predicted molar refractivity (Wildman–Crippen MR) is 123 cm³/mol. The van der Waals surface area contributed by atoms with E-state index in [-0.39, 0.29) is 0 Å².